The van der Waals surface area contributed by atoms with Crippen LogP contribution in [0.15, 0.2) is 37.1 Å². The van der Waals surface area contributed by atoms with Gasteiger partial charge in [-0.25, -0.2) is 9.97 Å². The van der Waals surface area contributed by atoms with Crippen molar-refractivity contribution in [3.8, 4) is 22.8 Å². The summed E-state index contributed by atoms with van der Waals surface area (Å²) in [5.74, 6) is 2.19. The fourth-order valence-corrected chi connectivity index (χ4v) is 5.80. The first-order valence-corrected chi connectivity index (χ1v) is 13.9. The summed E-state index contributed by atoms with van der Waals surface area (Å²) < 4.78 is 22.4. The van der Waals surface area contributed by atoms with Crippen molar-refractivity contribution in [2.75, 3.05) is 51.2 Å². The molecule has 2 aromatic heterocycles. The Labute approximate surface area is 243 Å². The number of rotatable bonds is 11. The van der Waals surface area contributed by atoms with Crippen LogP contribution in [-0.2, 0) is 14.3 Å². The Morgan fingerprint density at radius 2 is 1.95 bits per heavy atom. The molecule has 2 aliphatic rings. The van der Waals surface area contributed by atoms with E-state index in [2.05, 4.69) is 22.2 Å². The molecule has 2 fully saturated rings. The smallest absolute Gasteiger partial charge is 0.155 e. The summed E-state index contributed by atoms with van der Waals surface area (Å²) in [6.45, 7) is 5.94. The quantitative estimate of drug-likeness (QED) is 0.270. The number of nitrogens with zero attached hydrogens (tertiary/aromatic N) is 2. The van der Waals surface area contributed by atoms with Crippen molar-refractivity contribution < 1.29 is 23.7 Å². The maximum Gasteiger partial charge on any atom is 0.155 e. The Balaban J connectivity index is 1.54. The molecule has 0 saturated carbocycles. The zero-order chi connectivity index (χ0) is 28.2. The Bertz CT molecular complexity index is 1380. The predicted octanol–water partition coefficient (Wildman–Crippen LogP) is 5.78. The Kier molecular flexibility index (Phi) is 8.95. The van der Waals surface area contributed by atoms with Gasteiger partial charge in [-0.1, -0.05) is 29.8 Å². The SMILES string of the molecule is C=CC(=O)C[C@H]1COC[C@H]1Nc1cc2c(NCC3CCCO3)nc(-c3c(Cl)c(OC)cc(OC)c3Cl)cc2cn1. The van der Waals surface area contributed by atoms with E-state index in [9.17, 15) is 4.79 Å². The van der Waals surface area contributed by atoms with Gasteiger partial charge in [0.2, 0.25) is 0 Å². The summed E-state index contributed by atoms with van der Waals surface area (Å²) in [6, 6.07) is 5.43. The van der Waals surface area contributed by atoms with E-state index in [4.69, 9.17) is 47.1 Å². The number of ether oxygens (including phenoxy) is 4. The number of anilines is 2. The number of halogens is 2. The van der Waals surface area contributed by atoms with Crippen LogP contribution in [0.2, 0.25) is 10.0 Å². The molecule has 4 heterocycles. The van der Waals surface area contributed by atoms with Crippen molar-refractivity contribution >= 4 is 51.4 Å². The lowest BCUT2D eigenvalue weighted by Crippen LogP contribution is -2.29. The lowest BCUT2D eigenvalue weighted by Gasteiger charge is -2.20. The fourth-order valence-electron chi connectivity index (χ4n) is 5.11. The second-order valence-corrected chi connectivity index (χ2v) is 10.6. The number of pyridine rings is 2. The number of ketones is 1. The Morgan fingerprint density at radius 1 is 1.18 bits per heavy atom. The third-order valence-electron chi connectivity index (χ3n) is 7.29. The topological polar surface area (TPSA) is 104 Å². The summed E-state index contributed by atoms with van der Waals surface area (Å²) >= 11 is 13.5. The molecule has 40 heavy (non-hydrogen) atoms. The van der Waals surface area contributed by atoms with Crippen molar-refractivity contribution in [3.05, 3.63) is 47.1 Å². The lowest BCUT2D eigenvalue weighted by molar-refractivity contribution is -0.115. The summed E-state index contributed by atoms with van der Waals surface area (Å²) in [6.07, 6.45) is 5.62. The summed E-state index contributed by atoms with van der Waals surface area (Å²) in [5.41, 5.74) is 1.05. The van der Waals surface area contributed by atoms with Crippen LogP contribution in [0.4, 0.5) is 11.6 Å². The average Bonchev–Trinajstić information content (AvgIpc) is 3.64. The van der Waals surface area contributed by atoms with E-state index >= 15 is 0 Å². The highest BCUT2D eigenvalue weighted by Crippen LogP contribution is 2.46. The van der Waals surface area contributed by atoms with Gasteiger partial charge in [-0.3, -0.25) is 4.79 Å². The molecule has 0 amide bonds. The van der Waals surface area contributed by atoms with Crippen molar-refractivity contribution in [3.63, 3.8) is 0 Å². The van der Waals surface area contributed by atoms with Crippen LogP contribution in [0, 0.1) is 5.92 Å². The van der Waals surface area contributed by atoms with Gasteiger partial charge in [0.1, 0.15) is 23.1 Å². The van der Waals surface area contributed by atoms with Crippen LogP contribution in [0.1, 0.15) is 19.3 Å². The van der Waals surface area contributed by atoms with Crippen LogP contribution in [0.3, 0.4) is 0 Å². The molecule has 1 aromatic carbocycles. The molecule has 212 valence electrons. The third-order valence-corrected chi connectivity index (χ3v) is 8.04. The number of fused-ring (bicyclic) bond motifs is 1. The number of carbonyl (C=O) groups is 1. The molecular weight excluding hydrogens is 555 g/mol. The summed E-state index contributed by atoms with van der Waals surface area (Å²) in [7, 11) is 3.07. The molecule has 5 rings (SSSR count). The number of hydrogen-bond donors (Lipinski definition) is 2. The highest BCUT2D eigenvalue weighted by Gasteiger charge is 2.30. The average molecular weight is 588 g/mol. The minimum atomic E-state index is -0.0498. The van der Waals surface area contributed by atoms with Crippen molar-refractivity contribution in [1.29, 1.82) is 0 Å². The molecule has 2 aliphatic heterocycles. The van der Waals surface area contributed by atoms with E-state index in [1.807, 2.05) is 12.1 Å². The number of methoxy groups -OCH3 is 2. The van der Waals surface area contributed by atoms with Crippen LogP contribution >= 0.6 is 23.2 Å². The van der Waals surface area contributed by atoms with Gasteiger partial charge in [-0.15, -0.1) is 0 Å². The molecule has 0 bridgehead atoms. The van der Waals surface area contributed by atoms with Crippen LogP contribution < -0.4 is 20.1 Å². The lowest BCUT2D eigenvalue weighted by atomic mass is 9.97. The van der Waals surface area contributed by atoms with E-state index < -0.39 is 0 Å². The number of carbonyl (C=O) groups excluding carboxylic acids is 1. The minimum Gasteiger partial charge on any atom is -0.495 e. The van der Waals surface area contributed by atoms with Crippen LogP contribution in [-0.4, -0.2) is 68.5 Å². The first kappa shape index (κ1) is 28.4. The number of aromatic nitrogens is 2. The molecule has 0 radical (unpaired) electrons. The fraction of sp³-hybridized carbons (Fsp3) is 0.414. The van der Waals surface area contributed by atoms with Gasteiger partial charge in [0, 0.05) is 54.1 Å². The van der Waals surface area contributed by atoms with Crippen LogP contribution in [0.25, 0.3) is 22.0 Å². The Hall–Kier alpha value is -3.11. The van der Waals surface area contributed by atoms with Gasteiger partial charge in [-0.05, 0) is 31.1 Å². The molecule has 3 aromatic rings. The zero-order valence-corrected chi connectivity index (χ0v) is 24.0. The first-order valence-electron chi connectivity index (χ1n) is 13.2. The molecule has 2 N–H and O–H groups in total. The van der Waals surface area contributed by atoms with E-state index in [-0.39, 0.29) is 23.8 Å². The van der Waals surface area contributed by atoms with E-state index in [0.29, 0.717) is 70.6 Å². The zero-order valence-electron chi connectivity index (χ0n) is 22.5. The number of allylic oxidation sites excluding steroid dienone is 1. The molecule has 9 nitrogen and oxygen atoms in total. The van der Waals surface area contributed by atoms with E-state index in [1.54, 1.807) is 12.3 Å². The molecule has 3 atom stereocenters. The molecule has 0 spiro atoms. The van der Waals surface area contributed by atoms with Crippen LogP contribution in [0.5, 0.6) is 11.5 Å². The second-order valence-electron chi connectivity index (χ2n) is 9.87. The largest absolute Gasteiger partial charge is 0.495 e. The van der Waals surface area contributed by atoms with Gasteiger partial charge in [0.05, 0.1) is 55.3 Å². The predicted molar refractivity (Wildman–Crippen MR) is 157 cm³/mol. The molecular formula is C29H32Cl2N4O5. The standard InChI is InChI=1S/C29H32Cl2N4O5/c1-4-18(36)8-17-14-39-15-22(17)34-25-10-20-16(12-32-25)9-21(35-29(20)33-13-19-6-5-7-40-19)26-27(30)23(37-2)11-24(38-3)28(26)31/h4,9-12,17,19,22H,1,5-8,13-15H2,2-3H3,(H,32,34)(H,33,35)/t17-,19?,22+/m0/s1. The Morgan fingerprint density at radius 3 is 2.62 bits per heavy atom. The number of nitrogens with one attached hydrogen (secondary N) is 2. The van der Waals surface area contributed by atoms with Crippen molar-refractivity contribution in [1.82, 2.24) is 9.97 Å². The number of hydrogen-bond acceptors (Lipinski definition) is 9. The monoisotopic (exact) mass is 586 g/mol. The summed E-state index contributed by atoms with van der Waals surface area (Å²) in [5, 5.41) is 9.29. The normalized spacial score (nSPS) is 20.4. The molecule has 0 aliphatic carbocycles. The van der Waals surface area contributed by atoms with E-state index in [1.165, 1.54) is 20.3 Å². The molecule has 2 saturated heterocycles. The first-order chi connectivity index (χ1) is 19.4. The minimum absolute atomic E-state index is 0.00221. The maximum absolute atomic E-state index is 12.0. The highest BCUT2D eigenvalue weighted by atomic mass is 35.5. The van der Waals surface area contributed by atoms with Crippen molar-refractivity contribution in [2.45, 2.75) is 31.4 Å². The van der Waals surface area contributed by atoms with Gasteiger partial charge in [0.25, 0.3) is 0 Å². The second kappa shape index (κ2) is 12.6. The number of benzene rings is 1. The maximum atomic E-state index is 12.0. The van der Waals surface area contributed by atoms with Gasteiger partial charge >= 0.3 is 0 Å². The third kappa shape index (κ3) is 5.98. The van der Waals surface area contributed by atoms with Gasteiger partial charge in [-0.2, -0.15) is 0 Å². The summed E-state index contributed by atoms with van der Waals surface area (Å²) in [4.78, 5) is 21.6. The van der Waals surface area contributed by atoms with Crippen molar-refractivity contribution in [2.24, 2.45) is 5.92 Å². The van der Waals surface area contributed by atoms with Gasteiger partial charge in [0.15, 0.2) is 5.78 Å². The van der Waals surface area contributed by atoms with Gasteiger partial charge < -0.3 is 29.6 Å². The molecule has 11 heteroatoms. The molecule has 1 unspecified atom stereocenters. The van der Waals surface area contributed by atoms with E-state index in [0.717, 1.165) is 30.2 Å². The highest BCUT2D eigenvalue weighted by molar-refractivity contribution is 6.41.